The molecule has 0 unspecified atom stereocenters. The third-order valence-electron chi connectivity index (χ3n) is 1.78. The van der Waals surface area contributed by atoms with Crippen molar-refractivity contribution in [1.82, 2.24) is 5.32 Å². The van der Waals surface area contributed by atoms with Crippen molar-refractivity contribution in [1.29, 1.82) is 0 Å². The van der Waals surface area contributed by atoms with Crippen LogP contribution in [-0.2, 0) is 14.6 Å². The van der Waals surface area contributed by atoms with Crippen LogP contribution in [0.25, 0.3) is 0 Å². The quantitative estimate of drug-likeness (QED) is 0.354. The number of nitrogens with one attached hydrogen (secondary N) is 1. The van der Waals surface area contributed by atoms with Crippen LogP contribution in [0.5, 0.6) is 0 Å². The minimum atomic E-state index is -2.94. The molecule has 0 fully saturated rings. The number of hydrogen-bond donors (Lipinski definition) is 2. The first-order chi connectivity index (χ1) is 7.81. The first-order valence-electron chi connectivity index (χ1n) is 5.60. The van der Waals surface area contributed by atoms with E-state index in [1.54, 1.807) is 0 Å². The molecule has 0 spiro atoms. The lowest BCUT2D eigenvalue weighted by molar-refractivity contribution is 0.154. The maximum Gasteiger partial charge on any atom is 0.188 e. The summed E-state index contributed by atoms with van der Waals surface area (Å²) in [7, 11) is -2.94. The molecule has 0 radical (unpaired) electrons. The second-order valence-corrected chi connectivity index (χ2v) is 6.55. The number of aliphatic imine (C=N–C) groups is 1. The molecule has 0 amide bonds. The molecule has 0 saturated heterocycles. The van der Waals surface area contributed by atoms with Gasteiger partial charge >= 0.3 is 0 Å². The van der Waals surface area contributed by atoms with Crippen LogP contribution in [0.3, 0.4) is 0 Å². The molecule has 6 nitrogen and oxygen atoms in total. The summed E-state index contributed by atoms with van der Waals surface area (Å²) in [6, 6.07) is 0. The van der Waals surface area contributed by atoms with E-state index in [0.29, 0.717) is 31.6 Å². The van der Waals surface area contributed by atoms with Crippen LogP contribution in [0.1, 0.15) is 13.8 Å². The van der Waals surface area contributed by atoms with Crippen LogP contribution in [-0.4, -0.2) is 52.7 Å². The molecular formula is C10H23N3O3S. The Balaban J connectivity index is 3.49. The van der Waals surface area contributed by atoms with Crippen molar-refractivity contribution in [2.75, 3.05) is 38.3 Å². The number of guanidine groups is 1. The normalized spacial score (nSPS) is 13.1. The van der Waals surface area contributed by atoms with Gasteiger partial charge < -0.3 is 15.8 Å². The molecule has 0 heterocycles. The molecule has 0 atom stereocenters. The van der Waals surface area contributed by atoms with E-state index in [9.17, 15) is 8.42 Å². The van der Waals surface area contributed by atoms with E-state index in [2.05, 4.69) is 24.2 Å². The molecule has 7 heteroatoms. The Morgan fingerprint density at radius 2 is 2.06 bits per heavy atom. The Kier molecular flexibility index (Phi) is 7.90. The summed E-state index contributed by atoms with van der Waals surface area (Å²) in [6.45, 7) is 5.96. The van der Waals surface area contributed by atoms with Crippen molar-refractivity contribution in [3.8, 4) is 0 Å². The summed E-state index contributed by atoms with van der Waals surface area (Å²) in [5, 5.41) is 2.89. The van der Waals surface area contributed by atoms with Gasteiger partial charge in [0.2, 0.25) is 0 Å². The Hall–Kier alpha value is -0.820. The molecule has 0 bridgehead atoms. The molecule has 0 aliphatic heterocycles. The maximum absolute atomic E-state index is 10.8. The van der Waals surface area contributed by atoms with E-state index in [1.165, 1.54) is 6.26 Å². The maximum atomic E-state index is 10.8. The van der Waals surface area contributed by atoms with E-state index in [0.717, 1.165) is 0 Å². The fourth-order valence-electron chi connectivity index (χ4n) is 0.900. The Labute approximate surface area is 104 Å². The zero-order chi connectivity index (χ0) is 13.3. The van der Waals surface area contributed by atoms with E-state index in [-0.39, 0.29) is 12.4 Å². The van der Waals surface area contributed by atoms with Crippen molar-refractivity contribution in [3.63, 3.8) is 0 Å². The lowest BCUT2D eigenvalue weighted by Crippen LogP contribution is -2.34. The van der Waals surface area contributed by atoms with Gasteiger partial charge in [-0.15, -0.1) is 0 Å². The second-order valence-electron chi connectivity index (χ2n) is 4.29. The zero-order valence-electron chi connectivity index (χ0n) is 10.8. The largest absolute Gasteiger partial charge is 0.379 e. The number of ether oxygens (including phenoxy) is 1. The molecule has 0 aromatic heterocycles. The van der Waals surface area contributed by atoms with Crippen LogP contribution in [0.15, 0.2) is 4.99 Å². The Bertz CT molecular complexity index is 326. The van der Waals surface area contributed by atoms with Crippen LogP contribution >= 0.6 is 0 Å². The lowest BCUT2D eigenvalue weighted by Gasteiger charge is -2.07. The summed E-state index contributed by atoms with van der Waals surface area (Å²) in [4.78, 5) is 4.11. The number of hydrogen-bond acceptors (Lipinski definition) is 4. The smallest absolute Gasteiger partial charge is 0.188 e. The van der Waals surface area contributed by atoms with Gasteiger partial charge in [0.1, 0.15) is 9.84 Å². The molecule has 0 aliphatic rings. The van der Waals surface area contributed by atoms with Gasteiger partial charge in [0, 0.05) is 19.3 Å². The van der Waals surface area contributed by atoms with Crippen LogP contribution in [0.2, 0.25) is 0 Å². The van der Waals surface area contributed by atoms with Crippen molar-refractivity contribution >= 4 is 15.8 Å². The highest BCUT2D eigenvalue weighted by atomic mass is 32.2. The highest BCUT2D eigenvalue weighted by Crippen LogP contribution is 1.90. The first kappa shape index (κ1) is 16.2. The van der Waals surface area contributed by atoms with Crippen molar-refractivity contribution in [2.24, 2.45) is 16.6 Å². The molecule has 102 valence electrons. The number of rotatable bonds is 8. The van der Waals surface area contributed by atoms with Crippen LogP contribution in [0.4, 0.5) is 0 Å². The standard InChI is InChI=1S/C10H23N3O3S/c1-9(2)8-13-10(11)12-4-5-16-6-7-17(3,14)15/h9H,4-8H2,1-3H3,(H3,11,12,13). The average Bonchev–Trinajstić information content (AvgIpc) is 2.18. The summed E-state index contributed by atoms with van der Waals surface area (Å²) in [5.41, 5.74) is 5.59. The predicted octanol–water partition coefficient (Wildman–Crippen LogP) is -0.392. The highest BCUT2D eigenvalue weighted by Gasteiger charge is 2.01. The second kappa shape index (κ2) is 8.30. The summed E-state index contributed by atoms with van der Waals surface area (Å²) in [5.74, 6) is 0.913. The van der Waals surface area contributed by atoms with Gasteiger partial charge in [-0.1, -0.05) is 13.8 Å². The predicted molar refractivity (Wildman–Crippen MR) is 69.9 cm³/mol. The molecule has 0 rings (SSSR count). The molecule has 0 aromatic rings. The van der Waals surface area contributed by atoms with E-state index in [4.69, 9.17) is 10.5 Å². The van der Waals surface area contributed by atoms with Crippen molar-refractivity contribution < 1.29 is 13.2 Å². The Morgan fingerprint density at radius 1 is 1.41 bits per heavy atom. The fraction of sp³-hybridized carbons (Fsp3) is 0.900. The van der Waals surface area contributed by atoms with Crippen LogP contribution < -0.4 is 11.1 Å². The molecule has 0 aliphatic carbocycles. The van der Waals surface area contributed by atoms with E-state index < -0.39 is 9.84 Å². The van der Waals surface area contributed by atoms with Gasteiger partial charge in [0.05, 0.1) is 19.0 Å². The topological polar surface area (TPSA) is 93.8 Å². The van der Waals surface area contributed by atoms with E-state index in [1.807, 2.05) is 0 Å². The average molecular weight is 265 g/mol. The number of sulfone groups is 1. The SMILES string of the molecule is CC(C)CN=C(N)NCCOCCS(C)(=O)=O. The van der Waals surface area contributed by atoms with Gasteiger partial charge in [-0.05, 0) is 5.92 Å². The minimum absolute atomic E-state index is 0.0456. The van der Waals surface area contributed by atoms with Crippen molar-refractivity contribution in [2.45, 2.75) is 13.8 Å². The number of nitrogens with two attached hydrogens (primary N) is 1. The third kappa shape index (κ3) is 13.1. The summed E-state index contributed by atoms with van der Waals surface area (Å²) in [6.07, 6.45) is 1.19. The monoisotopic (exact) mass is 265 g/mol. The van der Waals surface area contributed by atoms with Crippen LogP contribution in [0, 0.1) is 5.92 Å². The zero-order valence-corrected chi connectivity index (χ0v) is 11.6. The highest BCUT2D eigenvalue weighted by molar-refractivity contribution is 7.90. The van der Waals surface area contributed by atoms with Crippen molar-refractivity contribution in [3.05, 3.63) is 0 Å². The van der Waals surface area contributed by atoms with Gasteiger partial charge in [-0.2, -0.15) is 0 Å². The molecule has 0 saturated carbocycles. The molecular weight excluding hydrogens is 242 g/mol. The van der Waals surface area contributed by atoms with Gasteiger partial charge in [0.15, 0.2) is 5.96 Å². The first-order valence-corrected chi connectivity index (χ1v) is 7.66. The van der Waals surface area contributed by atoms with Gasteiger partial charge in [-0.3, -0.25) is 4.99 Å². The minimum Gasteiger partial charge on any atom is -0.379 e. The molecule has 17 heavy (non-hydrogen) atoms. The lowest BCUT2D eigenvalue weighted by atomic mass is 10.2. The molecule has 0 aromatic carbocycles. The summed E-state index contributed by atoms with van der Waals surface area (Å²) >= 11 is 0. The Morgan fingerprint density at radius 3 is 2.59 bits per heavy atom. The number of nitrogens with zero attached hydrogens (tertiary/aromatic N) is 1. The van der Waals surface area contributed by atoms with E-state index >= 15 is 0 Å². The third-order valence-corrected chi connectivity index (χ3v) is 2.69. The fourth-order valence-corrected chi connectivity index (χ4v) is 1.32. The van der Waals surface area contributed by atoms with Gasteiger partial charge in [0.25, 0.3) is 0 Å². The summed E-state index contributed by atoms with van der Waals surface area (Å²) < 4.78 is 26.7. The molecule has 3 N–H and O–H groups in total. The van der Waals surface area contributed by atoms with Gasteiger partial charge in [-0.25, -0.2) is 8.42 Å².